The average molecular weight is 481 g/mol. The highest BCUT2D eigenvalue weighted by Crippen LogP contribution is 2.44. The summed E-state index contributed by atoms with van der Waals surface area (Å²) in [6, 6.07) is 14.4. The first-order valence-corrected chi connectivity index (χ1v) is 12.1. The van der Waals surface area contributed by atoms with E-state index in [2.05, 4.69) is 12.1 Å². The van der Waals surface area contributed by atoms with Gasteiger partial charge in [0.05, 0.1) is 0 Å². The van der Waals surface area contributed by atoms with E-state index in [1.807, 2.05) is 64.1 Å². The Morgan fingerprint density at radius 1 is 0.886 bits per heavy atom. The minimum Gasteiger partial charge on any atom is -0.480 e. The molecule has 0 aliphatic heterocycles. The molecule has 2 aromatic carbocycles. The van der Waals surface area contributed by atoms with E-state index in [-0.39, 0.29) is 24.4 Å². The number of hydrogen-bond donors (Lipinski definition) is 1. The fourth-order valence-corrected chi connectivity index (χ4v) is 4.94. The van der Waals surface area contributed by atoms with Crippen molar-refractivity contribution >= 4 is 18.0 Å². The Bertz CT molecular complexity index is 1040. The van der Waals surface area contributed by atoms with Crippen molar-refractivity contribution in [1.29, 1.82) is 0 Å². The highest BCUT2D eigenvalue weighted by molar-refractivity contribution is 5.89. The molecule has 2 atom stereocenters. The third kappa shape index (κ3) is 5.50. The van der Waals surface area contributed by atoms with Crippen molar-refractivity contribution in [1.82, 2.24) is 9.80 Å². The van der Waals surface area contributed by atoms with Gasteiger partial charge in [0.15, 0.2) is 0 Å². The minimum atomic E-state index is -1.05. The van der Waals surface area contributed by atoms with Crippen molar-refractivity contribution in [3.63, 3.8) is 0 Å². The van der Waals surface area contributed by atoms with Crippen molar-refractivity contribution in [3.05, 3.63) is 59.7 Å². The fourth-order valence-electron chi connectivity index (χ4n) is 4.94. The van der Waals surface area contributed by atoms with E-state index in [0.717, 1.165) is 22.3 Å². The summed E-state index contributed by atoms with van der Waals surface area (Å²) in [6.07, 6.45) is -0.278. The lowest BCUT2D eigenvalue weighted by Crippen LogP contribution is -2.55. The summed E-state index contributed by atoms with van der Waals surface area (Å²) in [5, 5.41) is 9.68. The number of carboxylic acids is 1. The molecule has 2 amide bonds. The van der Waals surface area contributed by atoms with Gasteiger partial charge in [-0.1, -0.05) is 76.2 Å². The molecule has 0 spiro atoms. The summed E-state index contributed by atoms with van der Waals surface area (Å²) in [4.78, 5) is 40.8. The first-order valence-electron chi connectivity index (χ1n) is 12.1. The molecule has 7 nitrogen and oxygen atoms in total. The van der Waals surface area contributed by atoms with Gasteiger partial charge in [0.2, 0.25) is 5.91 Å². The van der Waals surface area contributed by atoms with Crippen molar-refractivity contribution in [2.45, 2.75) is 52.1 Å². The lowest BCUT2D eigenvalue weighted by molar-refractivity contribution is -0.152. The summed E-state index contributed by atoms with van der Waals surface area (Å²) in [6.45, 7) is 7.65. The molecule has 0 fully saturated rings. The lowest BCUT2D eigenvalue weighted by atomic mass is 9.98. The molecular formula is C28H36N2O5. The van der Waals surface area contributed by atoms with Crippen molar-refractivity contribution < 1.29 is 24.2 Å². The maximum atomic E-state index is 13.4. The zero-order valence-electron chi connectivity index (χ0n) is 21.4. The van der Waals surface area contributed by atoms with Gasteiger partial charge in [-0.25, -0.2) is 9.59 Å². The summed E-state index contributed by atoms with van der Waals surface area (Å²) in [5.74, 6) is -1.68. The van der Waals surface area contributed by atoms with Gasteiger partial charge in [-0.05, 0) is 40.5 Å². The molecule has 3 rings (SSSR count). The van der Waals surface area contributed by atoms with Crippen molar-refractivity contribution in [3.8, 4) is 11.1 Å². The number of benzene rings is 2. The van der Waals surface area contributed by atoms with E-state index >= 15 is 0 Å². The third-order valence-electron chi connectivity index (χ3n) is 6.72. The van der Waals surface area contributed by atoms with Crippen LogP contribution in [0.3, 0.4) is 0 Å². The zero-order valence-corrected chi connectivity index (χ0v) is 21.4. The van der Waals surface area contributed by atoms with Gasteiger partial charge in [0.25, 0.3) is 0 Å². The number of amides is 2. The summed E-state index contributed by atoms with van der Waals surface area (Å²) < 4.78 is 5.73. The van der Waals surface area contributed by atoms with Crippen LogP contribution in [0, 0.1) is 11.8 Å². The molecule has 7 heteroatoms. The average Bonchev–Trinajstić information content (AvgIpc) is 3.13. The van der Waals surface area contributed by atoms with Crippen LogP contribution in [0.2, 0.25) is 0 Å². The van der Waals surface area contributed by atoms with E-state index in [1.54, 1.807) is 0 Å². The molecule has 0 saturated heterocycles. The van der Waals surface area contributed by atoms with Gasteiger partial charge >= 0.3 is 12.1 Å². The smallest absolute Gasteiger partial charge is 0.410 e. The molecule has 1 aliphatic carbocycles. The van der Waals surface area contributed by atoms with Crippen LogP contribution >= 0.6 is 0 Å². The van der Waals surface area contributed by atoms with Crippen LogP contribution in [0.4, 0.5) is 4.79 Å². The first kappa shape index (κ1) is 26.3. The number of fused-ring (bicyclic) bond motifs is 3. The first-order chi connectivity index (χ1) is 16.5. The molecule has 0 radical (unpaired) electrons. The molecule has 1 N–H and O–H groups in total. The number of rotatable bonds is 9. The van der Waals surface area contributed by atoms with E-state index < -0.39 is 30.1 Å². The van der Waals surface area contributed by atoms with E-state index in [9.17, 15) is 19.5 Å². The summed E-state index contributed by atoms with van der Waals surface area (Å²) in [5.41, 5.74) is 4.50. The molecule has 0 saturated carbocycles. The van der Waals surface area contributed by atoms with E-state index in [4.69, 9.17) is 4.74 Å². The second-order valence-electron chi connectivity index (χ2n) is 10.0. The molecule has 0 bridgehead atoms. The molecule has 1 aliphatic rings. The zero-order chi connectivity index (χ0) is 25.9. The Morgan fingerprint density at radius 3 is 1.86 bits per heavy atom. The van der Waals surface area contributed by atoms with E-state index in [0.29, 0.717) is 6.42 Å². The highest BCUT2D eigenvalue weighted by Gasteiger charge is 2.38. The van der Waals surface area contributed by atoms with Gasteiger partial charge in [-0.3, -0.25) is 9.69 Å². The summed E-state index contributed by atoms with van der Waals surface area (Å²) in [7, 11) is 3.03. The number of likely N-dealkylation sites (N-methyl/N-ethyl adjacent to an activating group) is 2. The largest absolute Gasteiger partial charge is 0.480 e. The number of nitrogens with zero attached hydrogens (tertiary/aromatic N) is 2. The molecular weight excluding hydrogens is 444 g/mol. The summed E-state index contributed by atoms with van der Waals surface area (Å²) >= 11 is 0. The predicted octanol–water partition coefficient (Wildman–Crippen LogP) is 4.85. The van der Waals surface area contributed by atoms with Crippen LogP contribution in [0.25, 0.3) is 11.1 Å². The molecule has 35 heavy (non-hydrogen) atoms. The van der Waals surface area contributed by atoms with Crippen LogP contribution in [0.1, 0.15) is 51.2 Å². The van der Waals surface area contributed by atoms with Crippen molar-refractivity contribution in [2.75, 3.05) is 20.7 Å². The number of aliphatic carboxylic acids is 1. The molecule has 0 heterocycles. The Labute approximate surface area is 207 Å². The number of carboxylic acid groups (broad SMARTS) is 1. The van der Waals surface area contributed by atoms with Crippen LogP contribution in [0.15, 0.2) is 48.5 Å². The number of hydrogen-bond acceptors (Lipinski definition) is 4. The second kappa shape index (κ2) is 10.9. The molecule has 188 valence electrons. The maximum Gasteiger partial charge on any atom is 0.410 e. The Morgan fingerprint density at radius 2 is 1.40 bits per heavy atom. The van der Waals surface area contributed by atoms with Crippen LogP contribution in [-0.2, 0) is 14.3 Å². The van der Waals surface area contributed by atoms with Gasteiger partial charge in [0.1, 0.15) is 18.7 Å². The predicted molar refractivity (Wildman–Crippen MR) is 135 cm³/mol. The van der Waals surface area contributed by atoms with E-state index in [1.165, 1.54) is 23.9 Å². The Balaban J connectivity index is 1.75. The SMILES string of the molecule is CC(C)C[C@@H](C(=O)O)N(C)C(=O)C(C(C)C)N(C)C(=O)OCC1c2ccccc2-c2ccccc21. The normalized spacial score (nSPS) is 14.3. The molecule has 2 aromatic rings. The number of ether oxygens (including phenoxy) is 1. The van der Waals surface area contributed by atoms with Crippen molar-refractivity contribution in [2.24, 2.45) is 11.8 Å². The maximum absolute atomic E-state index is 13.4. The Kier molecular flexibility index (Phi) is 8.20. The van der Waals surface area contributed by atoms with Gasteiger partial charge < -0.3 is 14.7 Å². The fraction of sp³-hybridized carbons (Fsp3) is 0.464. The van der Waals surface area contributed by atoms with Gasteiger partial charge in [-0.2, -0.15) is 0 Å². The third-order valence-corrected chi connectivity index (χ3v) is 6.72. The Hall–Kier alpha value is -3.35. The van der Waals surface area contributed by atoms with Crippen LogP contribution < -0.4 is 0 Å². The number of carbonyl (C=O) groups is 3. The molecule has 0 aromatic heterocycles. The minimum absolute atomic E-state index is 0.0851. The van der Waals surface area contributed by atoms with Crippen LogP contribution in [0.5, 0.6) is 0 Å². The highest BCUT2D eigenvalue weighted by atomic mass is 16.6. The standard InChI is InChI=1S/C28H36N2O5/c1-17(2)15-24(27(32)33)29(5)26(31)25(18(3)4)30(6)28(34)35-16-23-21-13-9-7-11-19(21)20-12-8-10-14-22(20)23/h7-14,17-18,23-25H,15-16H2,1-6H3,(H,32,33)/t24-,25?/m0/s1. The second-order valence-corrected chi connectivity index (χ2v) is 10.0. The van der Waals surface area contributed by atoms with Crippen LogP contribution in [-0.4, -0.2) is 65.7 Å². The lowest BCUT2D eigenvalue weighted by Gasteiger charge is -2.35. The van der Waals surface area contributed by atoms with Gasteiger partial charge in [-0.15, -0.1) is 0 Å². The molecule has 1 unspecified atom stereocenters. The monoisotopic (exact) mass is 480 g/mol. The quantitative estimate of drug-likeness (QED) is 0.554. The topological polar surface area (TPSA) is 87.2 Å². The number of carbonyl (C=O) groups excluding carboxylic acids is 2. The van der Waals surface area contributed by atoms with Gasteiger partial charge in [0, 0.05) is 20.0 Å².